The lowest BCUT2D eigenvalue weighted by Crippen LogP contribution is -2.55. The van der Waals surface area contributed by atoms with Crippen LogP contribution in [0.2, 0.25) is 0 Å². The van der Waals surface area contributed by atoms with E-state index in [4.69, 9.17) is 15.0 Å². The van der Waals surface area contributed by atoms with Crippen LogP contribution in [0.5, 0.6) is 5.75 Å². The van der Waals surface area contributed by atoms with E-state index in [1.165, 1.54) is 50.2 Å². The molecular formula is C28H25F2NO5. The van der Waals surface area contributed by atoms with Crippen LogP contribution in [0.1, 0.15) is 55.4 Å². The molecule has 0 N–H and O–H groups in total. The van der Waals surface area contributed by atoms with E-state index in [0.717, 1.165) is 4.90 Å². The first-order valence-corrected chi connectivity index (χ1v) is 11.2. The van der Waals surface area contributed by atoms with Crippen molar-refractivity contribution in [1.29, 1.82) is 0 Å². The topological polar surface area (TPSA) is 72.9 Å². The summed E-state index contributed by atoms with van der Waals surface area (Å²) < 4.78 is 70.5. The summed E-state index contributed by atoms with van der Waals surface area (Å²) in [5.74, 6) is -3.91. The zero-order chi connectivity index (χ0) is 29.3. The predicted octanol–water partition coefficient (Wildman–Crippen LogP) is 5.68. The number of rotatable bonds is 8. The fraction of sp³-hybridized carbons (Fsp3) is 0.250. The van der Waals surface area contributed by atoms with E-state index in [2.05, 4.69) is 0 Å². The van der Waals surface area contributed by atoms with Crippen LogP contribution in [0.4, 0.5) is 14.5 Å². The number of esters is 2. The molecule has 1 aliphatic heterocycles. The molecule has 0 spiro atoms. The molecule has 1 saturated heterocycles. The first kappa shape index (κ1) is 20.2. The van der Waals surface area contributed by atoms with Gasteiger partial charge in [0.25, 0.3) is 0 Å². The van der Waals surface area contributed by atoms with Gasteiger partial charge < -0.3 is 14.4 Å². The molecule has 8 heteroatoms. The van der Waals surface area contributed by atoms with E-state index in [9.17, 15) is 23.2 Å². The molecule has 186 valence electrons. The molecule has 0 aromatic heterocycles. The summed E-state index contributed by atoms with van der Waals surface area (Å²) in [6, 6.07) is 7.64. The third kappa shape index (κ3) is 5.59. The average Bonchev–Trinajstić information content (AvgIpc) is 2.91. The number of ether oxygens (including phenoxy) is 2. The van der Waals surface area contributed by atoms with Gasteiger partial charge in [-0.05, 0) is 72.4 Å². The highest BCUT2D eigenvalue weighted by Crippen LogP contribution is 2.46. The second-order valence-electron chi connectivity index (χ2n) is 8.31. The maximum absolute atomic E-state index is 14.2. The van der Waals surface area contributed by atoms with Crippen molar-refractivity contribution < 1.29 is 38.1 Å². The predicted molar refractivity (Wildman–Crippen MR) is 128 cm³/mol. The SMILES string of the molecule is [2H]c1c([2H])c(N2C(=O)[C@H](CC[C@H](OC(C)=O)c3ccc(F)cc3)[C@H]2c2ccc(OC(C)=O)cc2)c([2H])c([2H])c1F. The summed E-state index contributed by atoms with van der Waals surface area (Å²) >= 11 is 0. The Morgan fingerprint density at radius 2 is 1.58 bits per heavy atom. The van der Waals surface area contributed by atoms with Gasteiger partial charge in [0.2, 0.25) is 5.91 Å². The lowest BCUT2D eigenvalue weighted by molar-refractivity contribution is -0.147. The molecule has 1 aliphatic rings. The van der Waals surface area contributed by atoms with Crippen molar-refractivity contribution in [3.05, 3.63) is 95.5 Å². The number of benzene rings is 3. The smallest absolute Gasteiger partial charge is 0.308 e. The van der Waals surface area contributed by atoms with E-state index >= 15 is 0 Å². The van der Waals surface area contributed by atoms with Crippen molar-refractivity contribution in [3.8, 4) is 5.75 Å². The summed E-state index contributed by atoms with van der Waals surface area (Å²) in [4.78, 5) is 37.7. The number of amides is 1. The Balaban J connectivity index is 1.71. The van der Waals surface area contributed by atoms with Gasteiger partial charge in [-0.3, -0.25) is 14.4 Å². The van der Waals surface area contributed by atoms with Crippen LogP contribution < -0.4 is 9.64 Å². The minimum absolute atomic E-state index is 0.171. The van der Waals surface area contributed by atoms with Crippen molar-refractivity contribution >= 4 is 23.5 Å². The molecule has 1 heterocycles. The second-order valence-corrected chi connectivity index (χ2v) is 8.31. The highest BCUT2D eigenvalue weighted by atomic mass is 19.1. The van der Waals surface area contributed by atoms with Gasteiger partial charge in [-0.1, -0.05) is 24.3 Å². The maximum Gasteiger partial charge on any atom is 0.308 e. The van der Waals surface area contributed by atoms with E-state index in [1.807, 2.05) is 0 Å². The summed E-state index contributed by atoms with van der Waals surface area (Å²) in [6.07, 6.45) is -0.434. The van der Waals surface area contributed by atoms with Gasteiger partial charge in [-0.15, -0.1) is 0 Å². The first-order valence-electron chi connectivity index (χ1n) is 13.2. The van der Waals surface area contributed by atoms with Crippen LogP contribution in [0.15, 0.2) is 72.7 Å². The molecule has 3 atom stereocenters. The molecule has 0 bridgehead atoms. The number of carbonyl (C=O) groups excluding carboxylic acids is 3. The molecule has 0 aliphatic carbocycles. The summed E-state index contributed by atoms with van der Waals surface area (Å²) in [7, 11) is 0. The van der Waals surface area contributed by atoms with Crippen molar-refractivity contribution in [2.75, 3.05) is 4.90 Å². The molecule has 0 radical (unpaired) electrons. The lowest BCUT2D eigenvalue weighted by atomic mass is 9.78. The van der Waals surface area contributed by atoms with Crippen LogP contribution in [0.25, 0.3) is 0 Å². The molecule has 3 aromatic carbocycles. The Bertz CT molecular complexity index is 1440. The number of β-lactam (4-membered cyclic amide) rings is 1. The number of anilines is 1. The van der Waals surface area contributed by atoms with Crippen molar-refractivity contribution in [2.24, 2.45) is 5.92 Å². The maximum atomic E-state index is 14.2. The highest BCUT2D eigenvalue weighted by molar-refractivity contribution is 6.03. The zero-order valence-electron chi connectivity index (χ0n) is 23.5. The van der Waals surface area contributed by atoms with Gasteiger partial charge in [-0.25, -0.2) is 8.78 Å². The summed E-state index contributed by atoms with van der Waals surface area (Å²) in [6.45, 7) is 2.48. The number of carbonyl (C=O) groups is 3. The number of hydrogen-bond donors (Lipinski definition) is 0. The number of nitrogens with zero attached hydrogens (tertiary/aromatic N) is 1. The van der Waals surface area contributed by atoms with Crippen LogP contribution in [-0.4, -0.2) is 17.8 Å². The largest absolute Gasteiger partial charge is 0.458 e. The third-order valence-electron chi connectivity index (χ3n) is 5.81. The van der Waals surface area contributed by atoms with Crippen molar-refractivity contribution in [3.63, 3.8) is 0 Å². The van der Waals surface area contributed by atoms with Crippen LogP contribution >= 0.6 is 0 Å². The Kier molecular flexibility index (Phi) is 5.98. The zero-order valence-corrected chi connectivity index (χ0v) is 19.5. The Labute approximate surface area is 213 Å². The Morgan fingerprint density at radius 1 is 0.944 bits per heavy atom. The molecule has 0 saturated carbocycles. The average molecular weight is 498 g/mol. The van der Waals surface area contributed by atoms with Gasteiger partial charge >= 0.3 is 11.9 Å². The monoisotopic (exact) mass is 497 g/mol. The summed E-state index contributed by atoms with van der Waals surface area (Å²) in [5, 5.41) is 0. The normalized spacial score (nSPS) is 19.3. The fourth-order valence-electron chi connectivity index (χ4n) is 4.27. The molecule has 6 nitrogen and oxygen atoms in total. The molecule has 36 heavy (non-hydrogen) atoms. The minimum atomic E-state index is -1.32. The Hall–Kier alpha value is -4.07. The van der Waals surface area contributed by atoms with Crippen molar-refractivity contribution in [1.82, 2.24) is 0 Å². The highest BCUT2D eigenvalue weighted by Gasteiger charge is 2.48. The van der Waals surface area contributed by atoms with Crippen LogP contribution in [-0.2, 0) is 19.1 Å². The van der Waals surface area contributed by atoms with Crippen LogP contribution in [0.3, 0.4) is 0 Å². The quantitative estimate of drug-likeness (QED) is 0.228. The second kappa shape index (κ2) is 10.7. The number of halogens is 2. The van der Waals surface area contributed by atoms with E-state index in [0.29, 0.717) is 11.1 Å². The molecule has 1 amide bonds. The third-order valence-corrected chi connectivity index (χ3v) is 5.81. The molecule has 3 aromatic rings. The van der Waals surface area contributed by atoms with Gasteiger partial charge in [0.1, 0.15) is 23.5 Å². The fourth-order valence-corrected chi connectivity index (χ4v) is 4.27. The standard InChI is InChI=1S/C28H25F2NO5/c1-17(32)35-24-13-5-20(6-14-24)27-25(28(34)31(27)23-11-9-22(30)10-12-23)15-16-26(36-18(2)33)19-3-7-21(29)8-4-19/h3-14,25-27H,15-16H2,1-2H3/t25-,26+,27-/m1/s1/i9D,10D,11D,12D. The first-order chi connectivity index (χ1) is 18.9. The molecule has 4 rings (SSSR count). The van der Waals surface area contributed by atoms with E-state index in [-0.39, 0.29) is 24.3 Å². The van der Waals surface area contributed by atoms with Gasteiger partial charge in [-0.2, -0.15) is 0 Å². The molecule has 0 unspecified atom stereocenters. The van der Waals surface area contributed by atoms with Crippen LogP contribution in [0, 0.1) is 17.6 Å². The van der Waals surface area contributed by atoms with Crippen molar-refractivity contribution in [2.45, 2.75) is 38.8 Å². The van der Waals surface area contributed by atoms with E-state index in [1.54, 1.807) is 12.1 Å². The van der Waals surface area contributed by atoms with Gasteiger partial charge in [0.15, 0.2) is 0 Å². The Morgan fingerprint density at radius 3 is 2.17 bits per heavy atom. The number of hydrogen-bond acceptors (Lipinski definition) is 5. The van der Waals surface area contributed by atoms with E-state index < -0.39 is 71.7 Å². The molecular weight excluding hydrogens is 468 g/mol. The minimum Gasteiger partial charge on any atom is -0.458 e. The molecule has 1 fully saturated rings. The lowest BCUT2D eigenvalue weighted by Gasteiger charge is -2.48. The van der Waals surface area contributed by atoms with Gasteiger partial charge in [0.05, 0.1) is 17.4 Å². The summed E-state index contributed by atoms with van der Waals surface area (Å²) in [5.41, 5.74) is 0.704. The van der Waals surface area contributed by atoms with Gasteiger partial charge in [0, 0.05) is 19.5 Å².